The summed E-state index contributed by atoms with van der Waals surface area (Å²) in [5, 5.41) is 0.482. The molecule has 0 spiro atoms. The molecule has 0 radical (unpaired) electrons. The van der Waals surface area contributed by atoms with Crippen molar-refractivity contribution in [2.45, 2.75) is 16.4 Å². The Morgan fingerprint density at radius 1 is 1.79 bits per heavy atom. The van der Waals surface area contributed by atoms with Crippen molar-refractivity contribution in [2.75, 3.05) is 7.11 Å². The van der Waals surface area contributed by atoms with Crippen molar-refractivity contribution < 1.29 is 9.53 Å². The average Bonchev–Trinajstić information content (AvgIpc) is 2.11. The molecular weight excluding hydrogens is 316 g/mol. The highest BCUT2D eigenvalue weighted by Crippen LogP contribution is 2.36. The maximum absolute atomic E-state index is 11.1. The third-order valence-electron chi connectivity index (χ3n) is 2.22. The zero-order chi connectivity index (χ0) is 10.9. The molecule has 3 nitrogen and oxygen atoms in total. The van der Waals surface area contributed by atoms with Gasteiger partial charge in [-0.25, -0.2) is 0 Å². The number of rotatable bonds is 2. The Bertz CT molecular complexity index is 327. The first kappa shape index (κ1) is 12.0. The monoisotopic (exact) mass is 327 g/mol. The number of hydrogen-bond donors (Lipinski definition) is 1. The van der Waals surface area contributed by atoms with E-state index in [9.17, 15) is 4.79 Å². The number of amides is 1. The summed E-state index contributed by atoms with van der Waals surface area (Å²) in [5.74, 6) is -0.459. The van der Waals surface area contributed by atoms with E-state index in [2.05, 4.69) is 22.6 Å². The Hall–Kier alpha value is -0.0700. The molecule has 0 heterocycles. The highest BCUT2D eigenvalue weighted by atomic mass is 127. The summed E-state index contributed by atoms with van der Waals surface area (Å²) >= 11 is 8.00. The third-order valence-corrected chi connectivity index (χ3v) is 4.34. The van der Waals surface area contributed by atoms with Crippen LogP contribution < -0.4 is 5.73 Å². The van der Waals surface area contributed by atoms with Crippen LogP contribution in [0.4, 0.5) is 0 Å². The lowest BCUT2D eigenvalue weighted by Gasteiger charge is -2.33. The maximum Gasteiger partial charge on any atom is 0.245 e. The number of allylic oxidation sites excluding steroid dienone is 2. The Morgan fingerprint density at radius 2 is 2.36 bits per heavy atom. The van der Waals surface area contributed by atoms with E-state index in [4.69, 9.17) is 22.1 Å². The molecule has 78 valence electrons. The lowest BCUT2D eigenvalue weighted by molar-refractivity contribution is -0.115. The number of carbonyl (C=O) groups excluding carboxylic acids is 1. The molecule has 1 amide bonds. The van der Waals surface area contributed by atoms with Crippen LogP contribution in [0.5, 0.6) is 0 Å². The van der Waals surface area contributed by atoms with E-state index in [0.29, 0.717) is 10.6 Å². The van der Waals surface area contributed by atoms with Gasteiger partial charge in [0.1, 0.15) is 5.60 Å². The number of hydrogen-bond acceptors (Lipinski definition) is 2. The van der Waals surface area contributed by atoms with E-state index >= 15 is 0 Å². The summed E-state index contributed by atoms with van der Waals surface area (Å²) in [6, 6.07) is 0. The molecule has 0 saturated heterocycles. The Balaban J connectivity index is 3.13. The lowest BCUT2D eigenvalue weighted by atomic mass is 9.91. The molecule has 1 aliphatic carbocycles. The van der Waals surface area contributed by atoms with Gasteiger partial charge in [-0.05, 0) is 19.1 Å². The quantitative estimate of drug-likeness (QED) is 0.620. The SMILES string of the molecule is COC1(C)C=C(Cl)C=C(C(N)=O)C1I. The molecule has 2 unspecified atom stereocenters. The number of primary amides is 1. The number of ether oxygens (including phenoxy) is 1. The van der Waals surface area contributed by atoms with Crippen LogP contribution in [-0.2, 0) is 9.53 Å². The highest BCUT2D eigenvalue weighted by Gasteiger charge is 2.37. The standard InChI is InChI=1S/C9H11ClINO2/c1-9(14-2)4-5(10)3-6(7(9)11)8(12)13/h3-4,7H,1-2H3,(H2,12,13). The second-order valence-corrected chi connectivity index (χ2v) is 4.93. The van der Waals surface area contributed by atoms with Crippen LogP contribution >= 0.6 is 34.2 Å². The van der Waals surface area contributed by atoms with Crippen molar-refractivity contribution in [1.82, 2.24) is 0 Å². The van der Waals surface area contributed by atoms with Gasteiger partial charge in [-0.1, -0.05) is 34.2 Å². The minimum Gasteiger partial charge on any atom is -0.373 e. The van der Waals surface area contributed by atoms with Crippen molar-refractivity contribution in [3.05, 3.63) is 22.8 Å². The zero-order valence-electron chi connectivity index (χ0n) is 7.88. The topological polar surface area (TPSA) is 52.3 Å². The van der Waals surface area contributed by atoms with E-state index in [-0.39, 0.29) is 3.92 Å². The van der Waals surface area contributed by atoms with Crippen molar-refractivity contribution in [3.63, 3.8) is 0 Å². The summed E-state index contributed by atoms with van der Waals surface area (Å²) in [7, 11) is 1.58. The first-order chi connectivity index (χ1) is 6.40. The molecule has 5 heteroatoms. The van der Waals surface area contributed by atoms with Crippen LogP contribution in [0.25, 0.3) is 0 Å². The number of alkyl halides is 1. The largest absolute Gasteiger partial charge is 0.373 e. The van der Waals surface area contributed by atoms with Gasteiger partial charge in [0, 0.05) is 17.7 Å². The smallest absolute Gasteiger partial charge is 0.245 e. The number of carbonyl (C=O) groups is 1. The molecule has 1 aliphatic rings. The van der Waals surface area contributed by atoms with Gasteiger partial charge in [-0.3, -0.25) is 4.79 Å². The molecule has 2 atom stereocenters. The van der Waals surface area contributed by atoms with Gasteiger partial charge in [0.25, 0.3) is 0 Å². The maximum atomic E-state index is 11.1. The molecule has 1 rings (SSSR count). The van der Waals surface area contributed by atoms with Gasteiger partial charge < -0.3 is 10.5 Å². The van der Waals surface area contributed by atoms with Gasteiger partial charge in [-0.2, -0.15) is 0 Å². The summed E-state index contributed by atoms with van der Waals surface area (Å²) in [6.07, 6.45) is 3.36. The molecule has 0 fully saturated rings. The summed E-state index contributed by atoms with van der Waals surface area (Å²) in [6.45, 7) is 1.86. The molecule has 0 saturated carbocycles. The predicted octanol–water partition coefficient (Wildman–Crippen LogP) is 1.74. The van der Waals surface area contributed by atoms with Crippen LogP contribution in [0.1, 0.15) is 6.92 Å². The van der Waals surface area contributed by atoms with Gasteiger partial charge in [0.15, 0.2) is 0 Å². The summed E-state index contributed by atoms with van der Waals surface area (Å²) < 4.78 is 5.20. The Kier molecular flexibility index (Phi) is 3.60. The fourth-order valence-corrected chi connectivity index (χ4v) is 2.53. The highest BCUT2D eigenvalue weighted by molar-refractivity contribution is 14.1. The Labute approximate surface area is 101 Å². The van der Waals surface area contributed by atoms with E-state index in [1.165, 1.54) is 0 Å². The third kappa shape index (κ3) is 2.12. The van der Waals surface area contributed by atoms with Crippen molar-refractivity contribution in [1.29, 1.82) is 0 Å². The number of nitrogens with two attached hydrogens (primary N) is 1. The molecule has 0 aliphatic heterocycles. The number of halogens is 2. The van der Waals surface area contributed by atoms with Gasteiger partial charge in [0.2, 0.25) is 5.91 Å². The van der Waals surface area contributed by atoms with E-state index < -0.39 is 11.5 Å². The van der Waals surface area contributed by atoms with Crippen molar-refractivity contribution in [3.8, 4) is 0 Å². The first-order valence-corrected chi connectivity index (χ1v) is 5.62. The summed E-state index contributed by atoms with van der Waals surface area (Å²) in [4.78, 5) is 11.1. The molecule has 0 bridgehead atoms. The van der Waals surface area contributed by atoms with Crippen LogP contribution in [-0.4, -0.2) is 22.5 Å². The molecule has 0 aromatic carbocycles. The minimum absolute atomic E-state index is 0.120. The molecule has 14 heavy (non-hydrogen) atoms. The predicted molar refractivity (Wildman–Crippen MR) is 64.4 cm³/mol. The molecule has 2 N–H and O–H groups in total. The van der Waals surface area contributed by atoms with Gasteiger partial charge >= 0.3 is 0 Å². The normalized spacial score (nSPS) is 32.1. The van der Waals surface area contributed by atoms with Gasteiger partial charge in [0.05, 0.1) is 3.92 Å². The van der Waals surface area contributed by atoms with Crippen LogP contribution in [0.2, 0.25) is 0 Å². The number of methoxy groups -OCH3 is 1. The van der Waals surface area contributed by atoms with Crippen LogP contribution in [0.3, 0.4) is 0 Å². The average molecular weight is 328 g/mol. The molecule has 0 aromatic rings. The minimum atomic E-state index is -0.573. The van der Waals surface area contributed by atoms with E-state index in [1.54, 1.807) is 19.3 Å². The van der Waals surface area contributed by atoms with Crippen LogP contribution in [0, 0.1) is 0 Å². The Morgan fingerprint density at radius 3 is 2.79 bits per heavy atom. The summed E-state index contributed by atoms with van der Waals surface area (Å²) in [5.41, 5.74) is 5.16. The second-order valence-electron chi connectivity index (χ2n) is 3.24. The molecular formula is C9H11ClINO2. The fraction of sp³-hybridized carbons (Fsp3) is 0.444. The first-order valence-electron chi connectivity index (χ1n) is 3.99. The van der Waals surface area contributed by atoms with Gasteiger partial charge in [-0.15, -0.1) is 0 Å². The molecule has 0 aromatic heterocycles. The van der Waals surface area contributed by atoms with E-state index in [0.717, 1.165) is 0 Å². The van der Waals surface area contributed by atoms with Crippen LogP contribution in [0.15, 0.2) is 22.8 Å². The van der Waals surface area contributed by atoms with Crippen molar-refractivity contribution >= 4 is 40.1 Å². The fourth-order valence-electron chi connectivity index (χ4n) is 1.28. The second kappa shape index (κ2) is 4.20. The lowest BCUT2D eigenvalue weighted by Crippen LogP contribution is -2.41. The van der Waals surface area contributed by atoms with E-state index in [1.807, 2.05) is 6.92 Å². The van der Waals surface area contributed by atoms with Crippen molar-refractivity contribution in [2.24, 2.45) is 5.73 Å². The zero-order valence-corrected chi connectivity index (χ0v) is 10.8.